The molecule has 3 N–H and O–H groups in total. The van der Waals surface area contributed by atoms with Crippen LogP contribution in [0.4, 0.5) is 0 Å². The molecule has 0 aromatic carbocycles. The van der Waals surface area contributed by atoms with Crippen molar-refractivity contribution in [1.82, 2.24) is 5.01 Å². The van der Waals surface area contributed by atoms with E-state index < -0.39 is 24.3 Å². The van der Waals surface area contributed by atoms with E-state index in [9.17, 15) is 15.0 Å². The molecule has 6 nitrogen and oxygen atoms in total. The average molecular weight is 188 g/mol. The molecule has 2 atom stereocenters. The third-order valence-electron chi connectivity index (χ3n) is 1.96. The van der Waals surface area contributed by atoms with Crippen LogP contribution in [0.5, 0.6) is 0 Å². The number of nitrogens with zero attached hydrogens (tertiary/aromatic N) is 2. The molecule has 6 heteroatoms. The van der Waals surface area contributed by atoms with Crippen LogP contribution in [0.3, 0.4) is 0 Å². The maximum absolute atomic E-state index is 10.9. The number of rotatable bonds is 2. The van der Waals surface area contributed by atoms with Gasteiger partial charge in [0.15, 0.2) is 5.72 Å². The van der Waals surface area contributed by atoms with Gasteiger partial charge < -0.3 is 15.3 Å². The highest BCUT2D eigenvalue weighted by Gasteiger charge is 2.45. The Morgan fingerprint density at radius 2 is 2.46 bits per heavy atom. The highest BCUT2D eigenvalue weighted by molar-refractivity contribution is 5.78. The van der Waals surface area contributed by atoms with Crippen LogP contribution in [0, 0.1) is 0 Å². The van der Waals surface area contributed by atoms with Crippen LogP contribution < -0.4 is 0 Å². The van der Waals surface area contributed by atoms with Crippen LogP contribution in [0.2, 0.25) is 0 Å². The number of aliphatic hydroxyl groups is 3. The minimum atomic E-state index is -1.79. The summed E-state index contributed by atoms with van der Waals surface area (Å²) in [6, 6.07) is 0. The molecule has 1 aliphatic rings. The summed E-state index contributed by atoms with van der Waals surface area (Å²) in [5.41, 5.74) is -1.79. The maximum Gasteiger partial charge on any atom is 0.242 e. The first kappa shape index (κ1) is 10.1. The van der Waals surface area contributed by atoms with Gasteiger partial charge in [-0.05, 0) is 0 Å². The van der Waals surface area contributed by atoms with Gasteiger partial charge in [0, 0.05) is 19.6 Å². The average Bonchev–Trinajstić information content (AvgIpc) is 2.47. The van der Waals surface area contributed by atoms with E-state index in [-0.39, 0.29) is 6.42 Å². The lowest BCUT2D eigenvalue weighted by Gasteiger charge is -2.33. The lowest BCUT2D eigenvalue weighted by Crippen LogP contribution is -2.55. The number of aliphatic hydroxyl groups excluding tert-OH is 2. The Balaban J connectivity index is 2.85. The smallest absolute Gasteiger partial charge is 0.242 e. The van der Waals surface area contributed by atoms with Crippen molar-refractivity contribution in [3.63, 3.8) is 0 Å². The standard InChI is InChI=1S/C7H12N2O4/c1-5(11)9-7(13,2-3-8-9)6(12)4-10/h3,6,10,12-13H,2,4H2,1H3/t6-,7-/m0/s1. The molecule has 0 aromatic heterocycles. The molecule has 1 amide bonds. The van der Waals surface area contributed by atoms with Gasteiger partial charge in [0.2, 0.25) is 5.91 Å². The van der Waals surface area contributed by atoms with Crippen LogP contribution in [0.15, 0.2) is 5.10 Å². The van der Waals surface area contributed by atoms with Crippen LogP contribution in [-0.4, -0.2) is 50.9 Å². The van der Waals surface area contributed by atoms with E-state index in [0.29, 0.717) is 0 Å². The fourth-order valence-electron chi connectivity index (χ4n) is 1.22. The van der Waals surface area contributed by atoms with Gasteiger partial charge in [0.25, 0.3) is 0 Å². The number of hydrogen-bond donors (Lipinski definition) is 3. The molecule has 0 aromatic rings. The quantitative estimate of drug-likeness (QED) is 0.480. The van der Waals surface area contributed by atoms with Gasteiger partial charge in [-0.1, -0.05) is 0 Å². The lowest BCUT2D eigenvalue weighted by molar-refractivity contribution is -0.186. The molecule has 74 valence electrons. The van der Waals surface area contributed by atoms with E-state index in [2.05, 4.69) is 5.10 Å². The molecule has 13 heavy (non-hydrogen) atoms. The Morgan fingerprint density at radius 3 is 2.92 bits per heavy atom. The van der Waals surface area contributed by atoms with E-state index in [1.165, 1.54) is 13.1 Å². The Hall–Kier alpha value is -0.980. The van der Waals surface area contributed by atoms with Crippen molar-refractivity contribution >= 4 is 12.1 Å². The first-order valence-corrected chi connectivity index (χ1v) is 3.87. The Kier molecular flexibility index (Phi) is 2.65. The molecule has 0 unspecified atom stereocenters. The summed E-state index contributed by atoms with van der Waals surface area (Å²) in [4.78, 5) is 10.9. The largest absolute Gasteiger partial charge is 0.393 e. The lowest BCUT2D eigenvalue weighted by atomic mass is 10.0. The Morgan fingerprint density at radius 1 is 1.85 bits per heavy atom. The van der Waals surface area contributed by atoms with Gasteiger partial charge in [-0.2, -0.15) is 10.1 Å². The molecule has 0 bridgehead atoms. The van der Waals surface area contributed by atoms with Crippen molar-refractivity contribution in [3.8, 4) is 0 Å². The van der Waals surface area contributed by atoms with Crippen LogP contribution in [0.25, 0.3) is 0 Å². The van der Waals surface area contributed by atoms with Crippen LogP contribution in [-0.2, 0) is 4.79 Å². The molecule has 1 heterocycles. The van der Waals surface area contributed by atoms with E-state index >= 15 is 0 Å². The fraction of sp³-hybridized carbons (Fsp3) is 0.714. The van der Waals surface area contributed by atoms with Crippen LogP contribution >= 0.6 is 0 Å². The summed E-state index contributed by atoms with van der Waals surface area (Å²) in [7, 11) is 0. The zero-order chi connectivity index (χ0) is 10.1. The summed E-state index contributed by atoms with van der Waals surface area (Å²) in [6.07, 6.45) is -0.0619. The predicted molar refractivity (Wildman–Crippen MR) is 43.7 cm³/mol. The number of hydrazone groups is 1. The van der Waals surface area contributed by atoms with Gasteiger partial charge in [0.1, 0.15) is 6.10 Å². The summed E-state index contributed by atoms with van der Waals surface area (Å²) >= 11 is 0. The van der Waals surface area contributed by atoms with Crippen LogP contribution in [0.1, 0.15) is 13.3 Å². The van der Waals surface area contributed by atoms with E-state index in [0.717, 1.165) is 5.01 Å². The molecule has 0 saturated carbocycles. The number of carbonyl (C=O) groups is 1. The van der Waals surface area contributed by atoms with E-state index in [1.807, 2.05) is 0 Å². The third kappa shape index (κ3) is 1.55. The monoisotopic (exact) mass is 188 g/mol. The van der Waals surface area contributed by atoms with E-state index in [1.54, 1.807) is 0 Å². The maximum atomic E-state index is 10.9. The van der Waals surface area contributed by atoms with Gasteiger partial charge in [0.05, 0.1) is 6.61 Å². The fourth-order valence-corrected chi connectivity index (χ4v) is 1.22. The summed E-state index contributed by atoms with van der Waals surface area (Å²) in [5, 5.41) is 32.0. The molecule has 1 rings (SSSR count). The van der Waals surface area contributed by atoms with Crippen molar-refractivity contribution in [1.29, 1.82) is 0 Å². The molecule has 0 radical (unpaired) electrons. The Bertz CT molecular complexity index is 243. The first-order valence-electron chi connectivity index (χ1n) is 3.87. The number of hydrogen-bond acceptors (Lipinski definition) is 5. The van der Waals surface area contributed by atoms with Crippen molar-refractivity contribution in [3.05, 3.63) is 0 Å². The minimum absolute atomic E-state index is 0.0221. The van der Waals surface area contributed by atoms with Gasteiger partial charge in [-0.15, -0.1) is 0 Å². The van der Waals surface area contributed by atoms with Crippen molar-refractivity contribution < 1.29 is 20.1 Å². The molecule has 0 spiro atoms. The zero-order valence-electron chi connectivity index (χ0n) is 7.21. The molecular formula is C7H12N2O4. The SMILES string of the molecule is CC(=O)N1N=CC[C@]1(O)[C@@H](O)CO. The molecular weight excluding hydrogens is 176 g/mol. The summed E-state index contributed by atoms with van der Waals surface area (Å²) in [6.45, 7) is 0.599. The van der Waals surface area contributed by atoms with Gasteiger partial charge in [-0.25, -0.2) is 0 Å². The molecule has 0 fully saturated rings. The topological polar surface area (TPSA) is 93.4 Å². The molecule has 0 aliphatic carbocycles. The second-order valence-electron chi connectivity index (χ2n) is 2.91. The summed E-state index contributed by atoms with van der Waals surface area (Å²) < 4.78 is 0. The summed E-state index contributed by atoms with van der Waals surface area (Å²) in [5.74, 6) is -0.483. The van der Waals surface area contributed by atoms with Crippen molar-refractivity contribution in [2.75, 3.05) is 6.61 Å². The Labute approximate surface area is 75.1 Å². The molecule has 0 saturated heterocycles. The number of carbonyl (C=O) groups excluding carboxylic acids is 1. The first-order chi connectivity index (χ1) is 6.02. The molecule has 1 aliphatic heterocycles. The zero-order valence-corrected chi connectivity index (χ0v) is 7.21. The normalized spacial score (nSPS) is 29.4. The minimum Gasteiger partial charge on any atom is -0.393 e. The highest BCUT2D eigenvalue weighted by Crippen LogP contribution is 2.25. The van der Waals surface area contributed by atoms with Gasteiger partial charge >= 0.3 is 0 Å². The second-order valence-corrected chi connectivity index (χ2v) is 2.91. The van der Waals surface area contributed by atoms with E-state index in [4.69, 9.17) is 5.11 Å². The third-order valence-corrected chi connectivity index (χ3v) is 1.96. The van der Waals surface area contributed by atoms with Crippen molar-refractivity contribution in [2.45, 2.75) is 25.2 Å². The second kappa shape index (κ2) is 3.41. The van der Waals surface area contributed by atoms with Gasteiger partial charge in [-0.3, -0.25) is 4.79 Å². The van der Waals surface area contributed by atoms with Crippen molar-refractivity contribution in [2.24, 2.45) is 5.10 Å². The number of amides is 1. The highest BCUT2D eigenvalue weighted by atomic mass is 16.4. The predicted octanol–water partition coefficient (Wildman–Crippen LogP) is -1.73.